The van der Waals surface area contributed by atoms with Gasteiger partial charge in [0.15, 0.2) is 5.82 Å². The third-order valence-corrected chi connectivity index (χ3v) is 7.89. The van der Waals surface area contributed by atoms with E-state index in [4.69, 9.17) is 33.7 Å². The number of aromatic nitrogens is 3. The van der Waals surface area contributed by atoms with Gasteiger partial charge in [0.2, 0.25) is 0 Å². The SMILES string of the molecule is Nc1ncnc2c1c(-c1cccc(NS(=O)(=O)c3cc(Cl)cc(CO)c3Cl)c1F)cn2C1COC1. The fraction of sp³-hybridized carbons (Fsp3) is 0.182. The molecule has 0 atom stereocenters. The highest BCUT2D eigenvalue weighted by Crippen LogP contribution is 2.39. The second kappa shape index (κ2) is 8.92. The Balaban J connectivity index is 1.61. The maximum Gasteiger partial charge on any atom is 0.263 e. The summed E-state index contributed by atoms with van der Waals surface area (Å²) in [6, 6.07) is 6.77. The minimum atomic E-state index is -4.36. The van der Waals surface area contributed by atoms with Gasteiger partial charge in [-0.3, -0.25) is 4.72 Å². The molecule has 2 aromatic carbocycles. The molecule has 1 saturated heterocycles. The molecule has 13 heteroatoms. The maximum atomic E-state index is 15.8. The molecule has 0 aliphatic carbocycles. The highest BCUT2D eigenvalue weighted by atomic mass is 35.5. The normalized spacial score (nSPS) is 14.3. The van der Waals surface area contributed by atoms with E-state index in [2.05, 4.69) is 14.7 Å². The molecule has 0 bridgehead atoms. The van der Waals surface area contributed by atoms with Crippen LogP contribution in [-0.4, -0.2) is 41.3 Å². The number of nitrogens with one attached hydrogen (secondary N) is 1. The summed E-state index contributed by atoms with van der Waals surface area (Å²) in [5, 5.41) is 9.74. The average Bonchev–Trinajstić information content (AvgIpc) is 3.15. The molecule has 1 aliphatic rings. The molecule has 1 fully saturated rings. The maximum absolute atomic E-state index is 15.8. The topological polar surface area (TPSA) is 132 Å². The van der Waals surface area contributed by atoms with Gasteiger partial charge in [-0.25, -0.2) is 22.8 Å². The molecule has 35 heavy (non-hydrogen) atoms. The van der Waals surface area contributed by atoms with Gasteiger partial charge < -0.3 is 20.1 Å². The molecule has 2 aromatic heterocycles. The fourth-order valence-electron chi connectivity index (χ4n) is 3.92. The minimum absolute atomic E-state index is 0.0102. The number of rotatable bonds is 6. The molecule has 3 heterocycles. The summed E-state index contributed by atoms with van der Waals surface area (Å²) in [5.41, 5.74) is 6.96. The van der Waals surface area contributed by atoms with Crippen LogP contribution >= 0.6 is 23.2 Å². The Morgan fingerprint density at radius 1 is 1.23 bits per heavy atom. The minimum Gasteiger partial charge on any atom is -0.392 e. The van der Waals surface area contributed by atoms with Crippen LogP contribution in [0.25, 0.3) is 22.2 Å². The summed E-state index contributed by atoms with van der Waals surface area (Å²) in [7, 11) is -4.36. The summed E-state index contributed by atoms with van der Waals surface area (Å²) in [4.78, 5) is 7.96. The van der Waals surface area contributed by atoms with Gasteiger partial charge in [0, 0.05) is 22.3 Å². The van der Waals surface area contributed by atoms with Crippen molar-refractivity contribution in [2.24, 2.45) is 0 Å². The number of nitrogen functional groups attached to an aromatic ring is 1. The second-order valence-electron chi connectivity index (χ2n) is 7.91. The molecule has 0 saturated carbocycles. The molecule has 4 aromatic rings. The number of benzene rings is 2. The average molecular weight is 538 g/mol. The Morgan fingerprint density at radius 3 is 2.69 bits per heavy atom. The number of fused-ring (bicyclic) bond motifs is 1. The molecule has 9 nitrogen and oxygen atoms in total. The number of aliphatic hydroxyl groups is 1. The van der Waals surface area contributed by atoms with E-state index in [1.807, 2.05) is 4.57 Å². The van der Waals surface area contributed by atoms with Gasteiger partial charge in [-0.1, -0.05) is 35.3 Å². The third kappa shape index (κ3) is 4.09. The molecular weight excluding hydrogens is 520 g/mol. The van der Waals surface area contributed by atoms with Crippen molar-refractivity contribution in [3.63, 3.8) is 0 Å². The predicted octanol–water partition coefficient (Wildman–Crippen LogP) is 3.99. The van der Waals surface area contributed by atoms with Crippen LogP contribution in [0.4, 0.5) is 15.9 Å². The smallest absolute Gasteiger partial charge is 0.263 e. The number of anilines is 2. The fourth-order valence-corrected chi connectivity index (χ4v) is 5.91. The summed E-state index contributed by atoms with van der Waals surface area (Å²) < 4.78 is 51.3. The van der Waals surface area contributed by atoms with Crippen LogP contribution in [0.15, 0.2) is 47.8 Å². The lowest BCUT2D eigenvalue weighted by Crippen LogP contribution is -2.30. The summed E-state index contributed by atoms with van der Waals surface area (Å²) in [6.07, 6.45) is 3.04. The molecule has 0 spiro atoms. The quantitative estimate of drug-likeness (QED) is 0.338. The Kier molecular flexibility index (Phi) is 6.06. The van der Waals surface area contributed by atoms with E-state index in [1.165, 1.54) is 30.6 Å². The van der Waals surface area contributed by atoms with E-state index in [0.29, 0.717) is 29.8 Å². The predicted molar refractivity (Wildman–Crippen MR) is 130 cm³/mol. The molecule has 5 rings (SSSR count). The van der Waals surface area contributed by atoms with Crippen LogP contribution in [0, 0.1) is 5.82 Å². The van der Waals surface area contributed by atoms with Gasteiger partial charge in [-0.15, -0.1) is 0 Å². The van der Waals surface area contributed by atoms with Gasteiger partial charge in [-0.05, 0) is 23.8 Å². The third-order valence-electron chi connectivity index (χ3n) is 5.72. The van der Waals surface area contributed by atoms with E-state index in [1.54, 1.807) is 6.20 Å². The van der Waals surface area contributed by atoms with Crippen LogP contribution < -0.4 is 10.5 Å². The number of sulfonamides is 1. The molecule has 0 radical (unpaired) electrons. The Hall–Kier alpha value is -2.96. The van der Waals surface area contributed by atoms with Gasteiger partial charge in [0.05, 0.1) is 42.0 Å². The summed E-state index contributed by atoms with van der Waals surface area (Å²) in [6.45, 7) is 0.433. The van der Waals surface area contributed by atoms with E-state index in [0.717, 1.165) is 6.07 Å². The van der Waals surface area contributed by atoms with Gasteiger partial charge in [-0.2, -0.15) is 0 Å². The van der Waals surface area contributed by atoms with E-state index < -0.39 is 22.4 Å². The number of nitrogens with two attached hydrogens (primary N) is 1. The first-order valence-electron chi connectivity index (χ1n) is 10.3. The first-order valence-corrected chi connectivity index (χ1v) is 12.5. The van der Waals surface area contributed by atoms with Gasteiger partial charge in [0.1, 0.15) is 22.7 Å². The molecule has 1 aliphatic heterocycles. The van der Waals surface area contributed by atoms with Crippen LogP contribution in [0.1, 0.15) is 11.6 Å². The van der Waals surface area contributed by atoms with Crippen molar-refractivity contribution in [1.82, 2.24) is 14.5 Å². The van der Waals surface area contributed by atoms with Crippen LogP contribution in [0.5, 0.6) is 0 Å². The van der Waals surface area contributed by atoms with Crippen LogP contribution in [0.3, 0.4) is 0 Å². The van der Waals surface area contributed by atoms with Crippen molar-refractivity contribution in [1.29, 1.82) is 0 Å². The number of hydrogen-bond donors (Lipinski definition) is 3. The zero-order chi connectivity index (χ0) is 24.9. The lowest BCUT2D eigenvalue weighted by Gasteiger charge is -2.27. The Morgan fingerprint density at radius 2 is 2.00 bits per heavy atom. The first-order chi connectivity index (χ1) is 16.7. The van der Waals surface area contributed by atoms with Crippen LogP contribution in [0.2, 0.25) is 10.0 Å². The second-order valence-corrected chi connectivity index (χ2v) is 10.4. The van der Waals surface area contributed by atoms with E-state index in [9.17, 15) is 13.5 Å². The number of hydrogen-bond acceptors (Lipinski definition) is 7. The Bertz CT molecular complexity index is 1570. The Labute approximate surface area is 209 Å². The number of nitrogens with zero attached hydrogens (tertiary/aromatic N) is 3. The monoisotopic (exact) mass is 537 g/mol. The first kappa shape index (κ1) is 23.8. The highest BCUT2D eigenvalue weighted by molar-refractivity contribution is 7.92. The standard InChI is InChI=1S/C22H18Cl2FN5O4S/c23-12-4-11(7-31)19(24)17(5-12)35(32,33)29-16-3-1-2-14(20(16)25)15-6-30(13-8-34-9-13)22-18(15)21(26)27-10-28-22/h1-6,10,13,29,31H,7-9H2,(H2,26,27,28). The number of ether oxygens (including phenoxy) is 1. The summed E-state index contributed by atoms with van der Waals surface area (Å²) >= 11 is 12.2. The van der Waals surface area contributed by atoms with Gasteiger partial charge in [0.25, 0.3) is 10.0 Å². The molecule has 182 valence electrons. The van der Waals surface area contributed by atoms with Crippen molar-refractivity contribution < 1.29 is 22.7 Å². The lowest BCUT2D eigenvalue weighted by molar-refractivity contribution is -0.0215. The highest BCUT2D eigenvalue weighted by Gasteiger charge is 2.28. The largest absolute Gasteiger partial charge is 0.392 e. The molecule has 0 unspecified atom stereocenters. The lowest BCUT2D eigenvalue weighted by atomic mass is 10.0. The number of aliphatic hydroxyl groups excluding tert-OH is 1. The van der Waals surface area contributed by atoms with E-state index >= 15 is 4.39 Å². The van der Waals surface area contributed by atoms with Crippen molar-refractivity contribution in [3.8, 4) is 11.1 Å². The number of halogens is 3. The zero-order valence-corrected chi connectivity index (χ0v) is 20.2. The van der Waals surface area contributed by atoms with Crippen molar-refractivity contribution in [3.05, 3.63) is 64.3 Å². The van der Waals surface area contributed by atoms with Gasteiger partial charge >= 0.3 is 0 Å². The molecular formula is C22H18Cl2FN5O4S. The molecule has 0 amide bonds. The summed E-state index contributed by atoms with van der Waals surface area (Å²) in [5.74, 6) is -0.666. The van der Waals surface area contributed by atoms with Crippen molar-refractivity contribution in [2.75, 3.05) is 23.7 Å². The van der Waals surface area contributed by atoms with Crippen molar-refractivity contribution in [2.45, 2.75) is 17.5 Å². The zero-order valence-electron chi connectivity index (χ0n) is 17.9. The van der Waals surface area contributed by atoms with E-state index in [-0.39, 0.29) is 43.6 Å². The van der Waals surface area contributed by atoms with Crippen LogP contribution in [-0.2, 0) is 21.4 Å². The molecule has 4 N–H and O–H groups in total. The van der Waals surface area contributed by atoms with Crippen molar-refractivity contribution >= 4 is 55.8 Å².